The van der Waals surface area contributed by atoms with Crippen LogP contribution in [0.3, 0.4) is 0 Å². The topological polar surface area (TPSA) is 67.2 Å². The first-order valence-corrected chi connectivity index (χ1v) is 7.75. The summed E-state index contributed by atoms with van der Waals surface area (Å²) in [5.74, 6) is -0.207. The summed E-state index contributed by atoms with van der Waals surface area (Å²) in [5.41, 5.74) is 3.90. The Bertz CT molecular complexity index is 841. The summed E-state index contributed by atoms with van der Waals surface area (Å²) >= 11 is 0. The zero-order valence-electron chi connectivity index (χ0n) is 13.4. The van der Waals surface area contributed by atoms with E-state index in [0.717, 1.165) is 16.8 Å². The van der Waals surface area contributed by atoms with Crippen molar-refractivity contribution in [1.29, 1.82) is 0 Å². The number of rotatable bonds is 5. The molecular formula is C19H19N3O2. The van der Waals surface area contributed by atoms with Gasteiger partial charge in [0.15, 0.2) is 0 Å². The number of aromatic nitrogens is 2. The van der Waals surface area contributed by atoms with Crippen LogP contribution in [0.4, 0.5) is 5.69 Å². The van der Waals surface area contributed by atoms with Gasteiger partial charge in [-0.1, -0.05) is 42.5 Å². The van der Waals surface area contributed by atoms with Crippen molar-refractivity contribution in [3.63, 3.8) is 0 Å². The predicted octanol–water partition coefficient (Wildman–Crippen LogP) is 2.98. The van der Waals surface area contributed by atoms with Crippen LogP contribution in [0.25, 0.3) is 0 Å². The zero-order chi connectivity index (χ0) is 16.9. The molecule has 0 saturated carbocycles. The summed E-state index contributed by atoms with van der Waals surface area (Å²) in [6, 6.07) is 17.1. The summed E-state index contributed by atoms with van der Waals surface area (Å²) in [5, 5.41) is 16.3. The quantitative estimate of drug-likeness (QED) is 0.759. The second-order valence-corrected chi connectivity index (χ2v) is 5.60. The van der Waals surface area contributed by atoms with Crippen molar-refractivity contribution in [3.05, 3.63) is 83.2 Å². The molecule has 0 fully saturated rings. The van der Waals surface area contributed by atoms with Crippen LogP contribution in [0.2, 0.25) is 0 Å². The number of carbonyl (C=O) groups excluding carboxylic acids is 1. The Kier molecular flexibility index (Phi) is 4.72. The van der Waals surface area contributed by atoms with Crippen LogP contribution < -0.4 is 5.32 Å². The number of aliphatic hydroxyl groups excluding tert-OH is 1. The third-order valence-electron chi connectivity index (χ3n) is 3.89. The number of nitrogens with one attached hydrogen (secondary N) is 1. The number of carbonyl (C=O) groups is 1. The summed E-state index contributed by atoms with van der Waals surface area (Å²) < 4.78 is 1.81. The van der Waals surface area contributed by atoms with Crippen LogP contribution in [-0.2, 0) is 13.2 Å². The van der Waals surface area contributed by atoms with Crippen molar-refractivity contribution >= 4 is 11.6 Å². The average Bonchev–Trinajstić information content (AvgIpc) is 2.97. The molecule has 1 heterocycles. The molecule has 0 radical (unpaired) electrons. The largest absolute Gasteiger partial charge is 0.392 e. The fourth-order valence-corrected chi connectivity index (χ4v) is 2.53. The molecule has 0 aliphatic carbocycles. The lowest BCUT2D eigenvalue weighted by Crippen LogP contribution is -2.13. The maximum Gasteiger partial charge on any atom is 0.259 e. The minimum Gasteiger partial charge on any atom is -0.392 e. The van der Waals surface area contributed by atoms with E-state index in [2.05, 4.69) is 10.4 Å². The lowest BCUT2D eigenvalue weighted by molar-refractivity contribution is 0.102. The van der Waals surface area contributed by atoms with Gasteiger partial charge in [-0.25, -0.2) is 0 Å². The summed E-state index contributed by atoms with van der Waals surface area (Å²) in [7, 11) is 0. The highest BCUT2D eigenvalue weighted by atomic mass is 16.3. The minimum absolute atomic E-state index is 0.0578. The van der Waals surface area contributed by atoms with Crippen LogP contribution in [0.15, 0.2) is 60.8 Å². The molecule has 5 nitrogen and oxygen atoms in total. The van der Waals surface area contributed by atoms with Gasteiger partial charge in [0.05, 0.1) is 24.9 Å². The van der Waals surface area contributed by atoms with Gasteiger partial charge in [0, 0.05) is 11.4 Å². The van der Waals surface area contributed by atoms with E-state index in [1.807, 2.05) is 41.9 Å². The van der Waals surface area contributed by atoms with Gasteiger partial charge in [-0.05, 0) is 30.2 Å². The Hall–Kier alpha value is -2.92. The molecule has 0 aliphatic heterocycles. The second kappa shape index (κ2) is 7.10. The fraction of sp³-hybridized carbons (Fsp3) is 0.158. The number of benzene rings is 2. The number of hydrogen-bond acceptors (Lipinski definition) is 3. The smallest absolute Gasteiger partial charge is 0.259 e. The summed E-state index contributed by atoms with van der Waals surface area (Å²) in [6.45, 7) is 2.45. The Morgan fingerprint density at radius 3 is 2.62 bits per heavy atom. The summed E-state index contributed by atoms with van der Waals surface area (Å²) in [6.07, 6.45) is 1.59. The van der Waals surface area contributed by atoms with Gasteiger partial charge in [-0.15, -0.1) is 0 Å². The molecule has 0 atom stereocenters. The highest BCUT2D eigenvalue weighted by Crippen LogP contribution is 2.15. The number of amides is 1. The lowest BCUT2D eigenvalue weighted by atomic mass is 10.2. The Morgan fingerprint density at radius 1 is 1.12 bits per heavy atom. The van der Waals surface area contributed by atoms with Crippen molar-refractivity contribution in [3.8, 4) is 0 Å². The lowest BCUT2D eigenvalue weighted by Gasteiger charge is -2.07. The molecule has 0 saturated heterocycles. The normalized spacial score (nSPS) is 10.6. The van der Waals surface area contributed by atoms with Crippen LogP contribution >= 0.6 is 0 Å². The highest BCUT2D eigenvalue weighted by molar-refractivity contribution is 6.04. The molecule has 5 heteroatoms. The van der Waals surface area contributed by atoms with Crippen LogP contribution in [-0.4, -0.2) is 20.8 Å². The molecule has 2 aromatic carbocycles. The molecule has 2 N–H and O–H groups in total. The zero-order valence-corrected chi connectivity index (χ0v) is 13.4. The standard InChI is InChI=1S/C19H19N3O2/c1-14-18(11-20-22(14)12-15-6-3-2-4-7-15)19(24)21-17-9-5-8-16(10-17)13-23/h2-11,23H,12-13H2,1H3,(H,21,24). The van der Waals surface area contributed by atoms with E-state index in [1.54, 1.807) is 30.5 Å². The first-order chi connectivity index (χ1) is 11.7. The van der Waals surface area contributed by atoms with Gasteiger partial charge in [0.1, 0.15) is 0 Å². The minimum atomic E-state index is -0.207. The van der Waals surface area contributed by atoms with Gasteiger partial charge in [0.25, 0.3) is 5.91 Å². The molecular weight excluding hydrogens is 302 g/mol. The third-order valence-corrected chi connectivity index (χ3v) is 3.89. The van der Waals surface area contributed by atoms with Crippen molar-refractivity contribution in [2.45, 2.75) is 20.1 Å². The molecule has 0 spiro atoms. The molecule has 24 heavy (non-hydrogen) atoms. The van der Waals surface area contributed by atoms with Gasteiger partial charge in [-0.2, -0.15) is 5.10 Å². The SMILES string of the molecule is Cc1c(C(=O)Nc2cccc(CO)c2)cnn1Cc1ccccc1. The fourth-order valence-electron chi connectivity index (χ4n) is 2.53. The molecule has 0 unspecified atom stereocenters. The van der Waals surface area contributed by atoms with Crippen molar-refractivity contribution < 1.29 is 9.90 Å². The summed E-state index contributed by atoms with van der Waals surface area (Å²) in [4.78, 5) is 12.5. The van der Waals surface area contributed by atoms with E-state index in [0.29, 0.717) is 17.8 Å². The maximum atomic E-state index is 12.5. The molecule has 122 valence electrons. The maximum absolute atomic E-state index is 12.5. The highest BCUT2D eigenvalue weighted by Gasteiger charge is 2.14. The monoisotopic (exact) mass is 321 g/mol. The molecule has 1 aromatic heterocycles. The number of aliphatic hydroxyl groups is 1. The Morgan fingerprint density at radius 2 is 1.88 bits per heavy atom. The van der Waals surface area contributed by atoms with Crippen molar-refractivity contribution in [2.24, 2.45) is 0 Å². The van der Waals surface area contributed by atoms with Gasteiger partial charge in [0.2, 0.25) is 0 Å². The molecule has 0 aliphatic rings. The van der Waals surface area contributed by atoms with Gasteiger partial charge in [-0.3, -0.25) is 9.48 Å². The van der Waals surface area contributed by atoms with Crippen molar-refractivity contribution in [2.75, 3.05) is 5.32 Å². The predicted molar refractivity (Wildman–Crippen MR) is 92.8 cm³/mol. The van der Waals surface area contributed by atoms with E-state index < -0.39 is 0 Å². The van der Waals surface area contributed by atoms with E-state index in [4.69, 9.17) is 0 Å². The van der Waals surface area contributed by atoms with Crippen LogP contribution in [0.1, 0.15) is 27.2 Å². The van der Waals surface area contributed by atoms with Crippen molar-refractivity contribution in [1.82, 2.24) is 9.78 Å². The van der Waals surface area contributed by atoms with E-state index >= 15 is 0 Å². The first kappa shape index (κ1) is 16.0. The molecule has 1 amide bonds. The van der Waals surface area contributed by atoms with Gasteiger partial charge >= 0.3 is 0 Å². The van der Waals surface area contributed by atoms with Crippen LogP contribution in [0.5, 0.6) is 0 Å². The number of nitrogens with zero attached hydrogens (tertiary/aromatic N) is 2. The van der Waals surface area contributed by atoms with Crippen LogP contribution in [0, 0.1) is 6.92 Å². The van der Waals surface area contributed by atoms with E-state index in [-0.39, 0.29) is 12.5 Å². The molecule has 3 aromatic rings. The molecule has 3 rings (SSSR count). The van der Waals surface area contributed by atoms with E-state index in [9.17, 15) is 9.90 Å². The first-order valence-electron chi connectivity index (χ1n) is 7.75. The average molecular weight is 321 g/mol. The van der Waals surface area contributed by atoms with E-state index in [1.165, 1.54) is 0 Å². The third kappa shape index (κ3) is 3.52. The molecule has 0 bridgehead atoms. The number of anilines is 1. The van der Waals surface area contributed by atoms with Gasteiger partial charge < -0.3 is 10.4 Å². The Balaban J connectivity index is 1.76. The number of hydrogen-bond donors (Lipinski definition) is 2. The second-order valence-electron chi connectivity index (χ2n) is 5.60. The Labute approximate surface area is 140 Å².